The molecule has 1 atom stereocenters. The molecule has 6 heteroatoms. The first-order valence-electron chi connectivity index (χ1n) is 6.58. The van der Waals surface area contributed by atoms with Crippen LogP contribution in [0, 0.1) is 5.92 Å². The molecule has 0 bridgehead atoms. The Morgan fingerprint density at radius 3 is 2.75 bits per heavy atom. The van der Waals surface area contributed by atoms with Crippen molar-refractivity contribution in [1.29, 1.82) is 0 Å². The molecule has 0 amide bonds. The average molecular weight is 294 g/mol. The molecule has 108 valence electrons. The van der Waals surface area contributed by atoms with E-state index in [9.17, 15) is 13.2 Å². The topological polar surface area (TPSA) is 66.8 Å². The van der Waals surface area contributed by atoms with Gasteiger partial charge in [0.2, 0.25) is 6.08 Å². The van der Waals surface area contributed by atoms with Gasteiger partial charge in [-0.05, 0) is 37.0 Å². The van der Waals surface area contributed by atoms with Crippen LogP contribution in [0.1, 0.15) is 19.8 Å². The summed E-state index contributed by atoms with van der Waals surface area (Å²) in [6.45, 7) is 4.07. The van der Waals surface area contributed by atoms with E-state index in [1.54, 1.807) is 12.1 Å². The summed E-state index contributed by atoms with van der Waals surface area (Å²) in [6, 6.07) is 4.94. The number of sulfone groups is 1. The highest BCUT2D eigenvalue weighted by atomic mass is 32.2. The summed E-state index contributed by atoms with van der Waals surface area (Å²) in [6.07, 6.45) is 4.85. The van der Waals surface area contributed by atoms with Crippen LogP contribution in [0.2, 0.25) is 0 Å². The minimum absolute atomic E-state index is 0.0645. The van der Waals surface area contributed by atoms with Gasteiger partial charge >= 0.3 is 0 Å². The number of rotatable bonds is 3. The van der Waals surface area contributed by atoms with E-state index in [-0.39, 0.29) is 10.6 Å². The van der Waals surface area contributed by atoms with Gasteiger partial charge in [-0.25, -0.2) is 13.2 Å². The maximum Gasteiger partial charge on any atom is 0.240 e. The van der Waals surface area contributed by atoms with Gasteiger partial charge in [-0.2, -0.15) is 4.99 Å². The van der Waals surface area contributed by atoms with Crippen molar-refractivity contribution in [1.82, 2.24) is 0 Å². The van der Waals surface area contributed by atoms with Crippen molar-refractivity contribution in [3.05, 3.63) is 18.2 Å². The van der Waals surface area contributed by atoms with Crippen molar-refractivity contribution in [2.75, 3.05) is 24.2 Å². The molecule has 0 saturated carbocycles. The van der Waals surface area contributed by atoms with Crippen molar-refractivity contribution in [3.8, 4) is 0 Å². The van der Waals surface area contributed by atoms with Crippen molar-refractivity contribution >= 4 is 27.3 Å². The Kier molecular flexibility index (Phi) is 4.26. The lowest BCUT2D eigenvalue weighted by molar-refractivity contribution is 0.447. The van der Waals surface area contributed by atoms with Gasteiger partial charge in [-0.15, -0.1) is 0 Å². The summed E-state index contributed by atoms with van der Waals surface area (Å²) < 4.78 is 23.3. The SMILES string of the molecule is CC1CCCN(c2ccc(S(C)(=O)=O)c(N=C=O)c2)C1. The maximum absolute atomic E-state index is 11.7. The molecule has 1 saturated heterocycles. The lowest BCUT2D eigenvalue weighted by Gasteiger charge is -2.33. The van der Waals surface area contributed by atoms with E-state index < -0.39 is 9.84 Å². The predicted octanol–water partition coefficient (Wildman–Crippen LogP) is 2.29. The van der Waals surface area contributed by atoms with Gasteiger partial charge in [0.15, 0.2) is 9.84 Å². The molecule has 0 radical (unpaired) electrons. The van der Waals surface area contributed by atoms with E-state index in [4.69, 9.17) is 0 Å². The quantitative estimate of drug-likeness (QED) is 0.633. The Labute approximate surface area is 119 Å². The Balaban J connectivity index is 2.42. The smallest absolute Gasteiger partial charge is 0.240 e. The summed E-state index contributed by atoms with van der Waals surface area (Å²) >= 11 is 0. The Morgan fingerprint density at radius 2 is 2.15 bits per heavy atom. The number of anilines is 1. The minimum Gasteiger partial charge on any atom is -0.371 e. The second-order valence-corrected chi connectivity index (χ2v) is 7.30. The van der Waals surface area contributed by atoms with E-state index in [1.807, 2.05) is 0 Å². The van der Waals surface area contributed by atoms with E-state index >= 15 is 0 Å². The lowest BCUT2D eigenvalue weighted by Crippen LogP contribution is -2.34. The molecule has 1 unspecified atom stereocenters. The molecule has 1 fully saturated rings. The standard InChI is InChI=1S/C14H18N2O3S/c1-11-4-3-7-16(9-11)12-5-6-14(20(2,18)19)13(8-12)15-10-17/h5-6,8,11H,3-4,7,9H2,1-2H3. The Bertz CT molecular complexity index is 648. The molecule has 0 N–H and O–H groups in total. The van der Waals surface area contributed by atoms with Crippen molar-refractivity contribution in [2.24, 2.45) is 10.9 Å². The van der Waals surface area contributed by atoms with Gasteiger partial charge in [0.05, 0.1) is 10.6 Å². The molecule has 5 nitrogen and oxygen atoms in total. The fourth-order valence-electron chi connectivity index (χ4n) is 2.58. The largest absolute Gasteiger partial charge is 0.371 e. The molecule has 1 aliphatic rings. The predicted molar refractivity (Wildman–Crippen MR) is 77.9 cm³/mol. The van der Waals surface area contributed by atoms with Crippen LogP contribution in [0.4, 0.5) is 11.4 Å². The molecule has 1 aromatic rings. The fraction of sp³-hybridized carbons (Fsp3) is 0.500. The van der Waals surface area contributed by atoms with Gasteiger partial charge in [0.1, 0.15) is 0 Å². The van der Waals surface area contributed by atoms with Crippen molar-refractivity contribution in [3.63, 3.8) is 0 Å². The number of piperidine rings is 1. The lowest BCUT2D eigenvalue weighted by atomic mass is 10.00. The normalized spacial score (nSPS) is 19.5. The maximum atomic E-state index is 11.7. The molecular formula is C14H18N2O3S. The van der Waals surface area contributed by atoms with Gasteiger partial charge in [-0.1, -0.05) is 6.92 Å². The Morgan fingerprint density at radius 1 is 1.40 bits per heavy atom. The third-order valence-corrected chi connectivity index (χ3v) is 4.67. The highest BCUT2D eigenvalue weighted by Crippen LogP contribution is 2.31. The van der Waals surface area contributed by atoms with Crippen molar-refractivity contribution in [2.45, 2.75) is 24.7 Å². The number of isocyanates is 1. The van der Waals surface area contributed by atoms with Gasteiger partial charge in [0, 0.05) is 25.0 Å². The number of carbonyl (C=O) groups excluding carboxylic acids is 1. The van der Waals surface area contributed by atoms with E-state index in [1.165, 1.54) is 18.6 Å². The second kappa shape index (κ2) is 5.77. The van der Waals surface area contributed by atoms with Crippen LogP contribution in [-0.4, -0.2) is 33.8 Å². The van der Waals surface area contributed by atoms with Crippen LogP contribution in [0.15, 0.2) is 28.1 Å². The van der Waals surface area contributed by atoms with Crippen molar-refractivity contribution < 1.29 is 13.2 Å². The van der Waals surface area contributed by atoms with Crippen LogP contribution in [0.5, 0.6) is 0 Å². The first-order chi connectivity index (χ1) is 9.41. The van der Waals surface area contributed by atoms with Crippen LogP contribution >= 0.6 is 0 Å². The minimum atomic E-state index is -3.41. The van der Waals surface area contributed by atoms with Gasteiger partial charge in [-0.3, -0.25) is 0 Å². The number of aliphatic imine (C=N–C) groups is 1. The number of benzene rings is 1. The summed E-state index contributed by atoms with van der Waals surface area (Å²) in [4.78, 5) is 16.3. The molecule has 0 aromatic heterocycles. The first-order valence-corrected chi connectivity index (χ1v) is 8.48. The molecule has 1 aromatic carbocycles. The van der Waals surface area contributed by atoms with Crippen LogP contribution in [0.3, 0.4) is 0 Å². The number of hydrogen-bond donors (Lipinski definition) is 0. The highest BCUT2D eigenvalue weighted by Gasteiger charge is 2.19. The summed E-state index contributed by atoms with van der Waals surface area (Å²) in [5, 5.41) is 0. The molecule has 2 rings (SSSR count). The van der Waals surface area contributed by atoms with Crippen LogP contribution in [0.25, 0.3) is 0 Å². The molecule has 0 spiro atoms. The van der Waals surface area contributed by atoms with E-state index in [0.29, 0.717) is 5.92 Å². The summed E-state index contributed by atoms with van der Waals surface area (Å²) in [7, 11) is -3.41. The molecule has 20 heavy (non-hydrogen) atoms. The summed E-state index contributed by atoms with van der Waals surface area (Å²) in [5.74, 6) is 0.608. The first kappa shape index (κ1) is 14.8. The zero-order valence-electron chi connectivity index (χ0n) is 11.7. The third-order valence-electron chi connectivity index (χ3n) is 3.53. The van der Waals surface area contributed by atoms with Gasteiger partial charge in [0.25, 0.3) is 0 Å². The highest BCUT2D eigenvalue weighted by molar-refractivity contribution is 7.90. The van der Waals surface area contributed by atoms with E-state index in [2.05, 4.69) is 16.8 Å². The molecule has 1 heterocycles. The monoisotopic (exact) mass is 294 g/mol. The van der Waals surface area contributed by atoms with Crippen LogP contribution in [-0.2, 0) is 14.6 Å². The average Bonchev–Trinajstić information content (AvgIpc) is 2.38. The Hall–Kier alpha value is -1.65. The zero-order chi connectivity index (χ0) is 14.8. The van der Waals surface area contributed by atoms with Crippen LogP contribution < -0.4 is 4.90 Å². The number of hydrogen-bond acceptors (Lipinski definition) is 5. The molecule has 0 aliphatic carbocycles. The van der Waals surface area contributed by atoms with E-state index in [0.717, 1.165) is 31.5 Å². The third kappa shape index (κ3) is 3.26. The second-order valence-electron chi connectivity index (χ2n) is 5.32. The fourth-order valence-corrected chi connectivity index (χ4v) is 3.38. The molecular weight excluding hydrogens is 276 g/mol. The molecule has 1 aliphatic heterocycles. The zero-order valence-corrected chi connectivity index (χ0v) is 12.5. The van der Waals surface area contributed by atoms with Gasteiger partial charge < -0.3 is 4.90 Å². The number of nitrogens with zero attached hydrogens (tertiary/aromatic N) is 2. The summed E-state index contributed by atoms with van der Waals surface area (Å²) in [5.41, 5.74) is 1.07.